The maximum absolute atomic E-state index is 9.23. The molecule has 0 atom stereocenters. The summed E-state index contributed by atoms with van der Waals surface area (Å²) >= 11 is 0. The molecule has 0 bridgehead atoms. The molecule has 0 aliphatic carbocycles. The number of hydrogen-bond acceptors (Lipinski definition) is 8. The molecular formula is C25H28N8. The van der Waals surface area contributed by atoms with E-state index in [4.69, 9.17) is 21.4 Å². The summed E-state index contributed by atoms with van der Waals surface area (Å²) in [7, 11) is 3.58. The first kappa shape index (κ1) is 22.2. The highest BCUT2D eigenvalue weighted by atomic mass is 15.3. The normalized spacial score (nSPS) is 14.4. The Hall–Kier alpha value is -3.96. The number of benzene rings is 2. The van der Waals surface area contributed by atoms with E-state index in [1.54, 1.807) is 25.4 Å². The third-order valence-corrected chi connectivity index (χ3v) is 5.89. The van der Waals surface area contributed by atoms with Crippen LogP contribution in [-0.2, 0) is 0 Å². The molecule has 2 heterocycles. The van der Waals surface area contributed by atoms with Gasteiger partial charge >= 0.3 is 0 Å². The van der Waals surface area contributed by atoms with Crippen molar-refractivity contribution in [2.24, 2.45) is 10.7 Å². The number of piperidine rings is 1. The number of rotatable bonds is 5. The van der Waals surface area contributed by atoms with E-state index in [1.165, 1.54) is 0 Å². The number of aliphatic imine (C=N–C) groups is 1. The van der Waals surface area contributed by atoms with Gasteiger partial charge in [0, 0.05) is 56.3 Å². The quantitative estimate of drug-likeness (QED) is 0.410. The highest BCUT2D eigenvalue weighted by Gasteiger charge is 2.23. The van der Waals surface area contributed by atoms with E-state index in [2.05, 4.69) is 21.3 Å². The smallest absolute Gasteiger partial charge is 0.227 e. The Balaban J connectivity index is 1.92. The van der Waals surface area contributed by atoms with Gasteiger partial charge in [-0.2, -0.15) is 10.2 Å². The summed E-state index contributed by atoms with van der Waals surface area (Å²) in [5.41, 5.74) is 17.8. The van der Waals surface area contributed by atoms with Gasteiger partial charge in [-0.25, -0.2) is 4.98 Å². The molecule has 0 spiro atoms. The van der Waals surface area contributed by atoms with Gasteiger partial charge in [-0.05, 0) is 42.7 Å². The predicted molar refractivity (Wildman–Crippen MR) is 135 cm³/mol. The van der Waals surface area contributed by atoms with E-state index in [9.17, 15) is 5.26 Å². The maximum Gasteiger partial charge on any atom is 0.227 e. The highest BCUT2D eigenvalue weighted by Crippen LogP contribution is 2.38. The lowest BCUT2D eigenvalue weighted by Crippen LogP contribution is -2.40. The molecule has 8 heteroatoms. The number of nitriles is 1. The Labute approximate surface area is 194 Å². The van der Waals surface area contributed by atoms with Crippen LogP contribution in [0, 0.1) is 11.3 Å². The third-order valence-electron chi connectivity index (χ3n) is 5.89. The van der Waals surface area contributed by atoms with Crippen molar-refractivity contribution in [1.29, 1.82) is 5.26 Å². The number of nitrogen functional groups attached to an aromatic ring is 1. The monoisotopic (exact) mass is 440 g/mol. The van der Waals surface area contributed by atoms with E-state index in [1.807, 2.05) is 37.4 Å². The van der Waals surface area contributed by atoms with Gasteiger partial charge in [0.2, 0.25) is 5.95 Å². The molecule has 1 aliphatic rings. The Kier molecular flexibility index (Phi) is 6.52. The Bertz CT molecular complexity index is 1200. The van der Waals surface area contributed by atoms with Crippen LogP contribution in [0.15, 0.2) is 47.5 Å². The Morgan fingerprint density at radius 2 is 1.82 bits per heavy atom. The number of nitrogens with one attached hydrogen (secondary N) is 1. The zero-order chi connectivity index (χ0) is 23.4. The molecule has 168 valence electrons. The molecule has 33 heavy (non-hydrogen) atoms. The average molecular weight is 441 g/mol. The van der Waals surface area contributed by atoms with Crippen LogP contribution in [0.1, 0.15) is 24.0 Å². The van der Waals surface area contributed by atoms with E-state index < -0.39 is 0 Å². The van der Waals surface area contributed by atoms with Crippen molar-refractivity contribution >= 4 is 23.7 Å². The zero-order valence-electron chi connectivity index (χ0n) is 18.9. The number of anilines is 3. The first-order valence-corrected chi connectivity index (χ1v) is 11.0. The lowest BCUT2D eigenvalue weighted by molar-refractivity contribution is 0.496. The second kappa shape index (κ2) is 9.67. The molecule has 4 rings (SSSR count). The SMILES string of the molecule is CN=Cc1cc(-c2c(NC)nc(N3CCC(N)CC3)nc2-c2ccc(C#N)cc2)ccc1N. The summed E-state index contributed by atoms with van der Waals surface area (Å²) in [5.74, 6) is 1.39. The summed E-state index contributed by atoms with van der Waals surface area (Å²) < 4.78 is 0. The molecule has 1 saturated heterocycles. The second-order valence-corrected chi connectivity index (χ2v) is 8.09. The van der Waals surface area contributed by atoms with Gasteiger partial charge in [0.15, 0.2) is 0 Å². The Morgan fingerprint density at radius 3 is 2.45 bits per heavy atom. The lowest BCUT2D eigenvalue weighted by Gasteiger charge is -2.31. The van der Waals surface area contributed by atoms with Crippen molar-refractivity contribution < 1.29 is 0 Å². The van der Waals surface area contributed by atoms with E-state index in [0.29, 0.717) is 17.2 Å². The first-order chi connectivity index (χ1) is 16.0. The Morgan fingerprint density at radius 1 is 1.12 bits per heavy atom. The van der Waals surface area contributed by atoms with Gasteiger partial charge in [-0.3, -0.25) is 4.99 Å². The fraction of sp³-hybridized carbons (Fsp3) is 0.280. The molecule has 3 aromatic rings. The molecule has 1 aliphatic heterocycles. The summed E-state index contributed by atoms with van der Waals surface area (Å²) in [6, 6.07) is 15.7. The summed E-state index contributed by atoms with van der Waals surface area (Å²) in [6.07, 6.45) is 3.55. The molecule has 0 radical (unpaired) electrons. The van der Waals surface area contributed by atoms with E-state index in [0.717, 1.165) is 59.7 Å². The minimum absolute atomic E-state index is 0.218. The number of hydrogen-bond donors (Lipinski definition) is 3. The van der Waals surface area contributed by atoms with Crippen LogP contribution in [0.4, 0.5) is 17.5 Å². The summed E-state index contributed by atoms with van der Waals surface area (Å²) in [5, 5.41) is 12.5. The van der Waals surface area contributed by atoms with Crippen LogP contribution >= 0.6 is 0 Å². The van der Waals surface area contributed by atoms with Crippen LogP contribution in [0.5, 0.6) is 0 Å². The molecule has 8 nitrogen and oxygen atoms in total. The van der Waals surface area contributed by atoms with Crippen LogP contribution in [0.2, 0.25) is 0 Å². The molecule has 0 amide bonds. The molecular weight excluding hydrogens is 412 g/mol. The number of aromatic nitrogens is 2. The molecule has 1 fully saturated rings. The van der Waals surface area contributed by atoms with E-state index in [-0.39, 0.29) is 6.04 Å². The first-order valence-electron chi connectivity index (χ1n) is 11.0. The highest BCUT2D eigenvalue weighted by molar-refractivity contribution is 5.94. The standard InChI is InChI=1S/C25H28N8/c1-29-15-19-13-18(7-8-21(19)28)22-23(17-5-3-16(14-26)4-6-17)31-25(32-24(22)30-2)33-11-9-20(27)10-12-33/h3-8,13,15,20H,9-12,27-28H2,1-2H3,(H,30,31,32). The van der Waals surface area contributed by atoms with Crippen LogP contribution in [0.3, 0.4) is 0 Å². The van der Waals surface area contributed by atoms with Gasteiger partial charge in [0.1, 0.15) is 5.82 Å². The van der Waals surface area contributed by atoms with E-state index >= 15 is 0 Å². The summed E-state index contributed by atoms with van der Waals surface area (Å²) in [6.45, 7) is 1.63. The van der Waals surface area contributed by atoms with Gasteiger partial charge in [0.25, 0.3) is 0 Å². The van der Waals surface area contributed by atoms with Gasteiger partial charge in [-0.15, -0.1) is 0 Å². The van der Waals surface area contributed by atoms with Crippen LogP contribution < -0.4 is 21.7 Å². The maximum atomic E-state index is 9.23. The second-order valence-electron chi connectivity index (χ2n) is 8.09. The fourth-order valence-electron chi connectivity index (χ4n) is 4.04. The van der Waals surface area contributed by atoms with Crippen molar-refractivity contribution in [3.05, 3.63) is 53.6 Å². The molecule has 0 unspecified atom stereocenters. The zero-order valence-corrected chi connectivity index (χ0v) is 18.9. The van der Waals surface area contributed by atoms with Crippen molar-refractivity contribution in [1.82, 2.24) is 9.97 Å². The number of nitrogens with zero attached hydrogens (tertiary/aromatic N) is 5. The van der Waals surface area contributed by atoms with Gasteiger partial charge < -0.3 is 21.7 Å². The predicted octanol–water partition coefficient (Wildman–Crippen LogP) is 3.28. The van der Waals surface area contributed by atoms with Gasteiger partial charge in [0.05, 0.1) is 22.9 Å². The summed E-state index contributed by atoms with van der Waals surface area (Å²) in [4.78, 5) is 16.2. The topological polar surface area (TPSA) is 129 Å². The molecule has 5 N–H and O–H groups in total. The minimum atomic E-state index is 0.218. The molecule has 1 aromatic heterocycles. The largest absolute Gasteiger partial charge is 0.398 e. The van der Waals surface area contributed by atoms with Crippen molar-refractivity contribution in [2.45, 2.75) is 18.9 Å². The fourth-order valence-corrected chi connectivity index (χ4v) is 4.04. The van der Waals surface area contributed by atoms with Gasteiger partial charge in [-0.1, -0.05) is 18.2 Å². The minimum Gasteiger partial charge on any atom is -0.398 e. The van der Waals surface area contributed by atoms with Crippen LogP contribution in [-0.4, -0.2) is 49.4 Å². The van der Waals surface area contributed by atoms with Crippen molar-refractivity contribution in [2.75, 3.05) is 43.1 Å². The van der Waals surface area contributed by atoms with Crippen LogP contribution in [0.25, 0.3) is 22.4 Å². The number of nitrogens with two attached hydrogens (primary N) is 2. The van der Waals surface area contributed by atoms with Crippen molar-refractivity contribution in [3.63, 3.8) is 0 Å². The lowest BCUT2D eigenvalue weighted by atomic mass is 9.97. The van der Waals surface area contributed by atoms with Crippen molar-refractivity contribution in [3.8, 4) is 28.5 Å². The molecule has 0 saturated carbocycles. The third kappa shape index (κ3) is 4.64. The average Bonchev–Trinajstić information content (AvgIpc) is 2.85. The molecule has 2 aromatic carbocycles.